The van der Waals surface area contributed by atoms with Gasteiger partial charge in [-0.2, -0.15) is 0 Å². The summed E-state index contributed by atoms with van der Waals surface area (Å²) in [5, 5.41) is 3.07. The Kier molecular flexibility index (Phi) is 9.02. The van der Waals surface area contributed by atoms with Crippen LogP contribution in [0.1, 0.15) is 18.4 Å². The summed E-state index contributed by atoms with van der Waals surface area (Å²) in [4.78, 5) is 14.7. The van der Waals surface area contributed by atoms with Gasteiger partial charge in [-0.3, -0.25) is 9.69 Å². The van der Waals surface area contributed by atoms with Crippen LogP contribution in [0, 0.1) is 5.92 Å². The van der Waals surface area contributed by atoms with Crippen LogP contribution in [-0.2, 0) is 16.1 Å². The Morgan fingerprint density at radius 3 is 2.62 bits per heavy atom. The van der Waals surface area contributed by atoms with E-state index in [4.69, 9.17) is 10.5 Å². The highest BCUT2D eigenvalue weighted by molar-refractivity contribution is 5.85. The molecular weight excluding hydrogens is 349 g/mol. The number of carbonyl (C=O) groups excluding carboxylic acids is 1. The molecule has 2 fully saturated rings. The van der Waals surface area contributed by atoms with Crippen molar-refractivity contribution in [1.29, 1.82) is 0 Å². The standard InChI is InChI=1S/C17H25N3O2.2ClH/c18-10-15(14-6-7-14)19-17(21)16-12-20(8-9-22-16)11-13-4-2-1-3-5-13;;/h1-5,14-16H,6-12,18H2,(H,19,21);2*1H. The summed E-state index contributed by atoms with van der Waals surface area (Å²) in [5.41, 5.74) is 7.02. The fourth-order valence-corrected chi connectivity index (χ4v) is 2.99. The van der Waals surface area contributed by atoms with Gasteiger partial charge in [0.1, 0.15) is 6.10 Å². The molecule has 7 heteroatoms. The van der Waals surface area contributed by atoms with Gasteiger partial charge in [0, 0.05) is 32.2 Å². The van der Waals surface area contributed by atoms with Crippen LogP contribution < -0.4 is 11.1 Å². The summed E-state index contributed by atoms with van der Waals surface area (Å²) in [7, 11) is 0. The summed E-state index contributed by atoms with van der Waals surface area (Å²) in [6, 6.07) is 10.4. The van der Waals surface area contributed by atoms with E-state index in [1.807, 2.05) is 18.2 Å². The van der Waals surface area contributed by atoms with Crippen LogP contribution in [0.4, 0.5) is 0 Å². The number of nitrogens with zero attached hydrogens (tertiary/aromatic N) is 1. The third kappa shape index (κ3) is 5.90. The summed E-state index contributed by atoms with van der Waals surface area (Å²) in [6.45, 7) is 3.47. The zero-order valence-corrected chi connectivity index (χ0v) is 15.4. The zero-order chi connectivity index (χ0) is 15.4. The molecule has 2 aliphatic rings. The minimum Gasteiger partial charge on any atom is -0.366 e. The predicted molar refractivity (Wildman–Crippen MR) is 99.7 cm³/mol. The number of ether oxygens (including phenoxy) is 1. The predicted octanol–water partition coefficient (Wildman–Crippen LogP) is 1.58. The molecule has 2 unspecified atom stereocenters. The second-order valence-corrected chi connectivity index (χ2v) is 6.27. The van der Waals surface area contributed by atoms with Gasteiger partial charge < -0.3 is 15.8 Å². The van der Waals surface area contributed by atoms with Crippen molar-refractivity contribution in [1.82, 2.24) is 10.2 Å². The smallest absolute Gasteiger partial charge is 0.250 e. The third-order valence-corrected chi connectivity index (χ3v) is 4.46. The lowest BCUT2D eigenvalue weighted by Gasteiger charge is -2.33. The Morgan fingerprint density at radius 1 is 1.29 bits per heavy atom. The fourth-order valence-electron chi connectivity index (χ4n) is 2.99. The highest BCUT2D eigenvalue weighted by Crippen LogP contribution is 2.32. The lowest BCUT2D eigenvalue weighted by Crippen LogP contribution is -2.53. The molecule has 1 aromatic carbocycles. The molecule has 24 heavy (non-hydrogen) atoms. The summed E-state index contributed by atoms with van der Waals surface area (Å²) >= 11 is 0. The topological polar surface area (TPSA) is 67.6 Å². The third-order valence-electron chi connectivity index (χ3n) is 4.46. The number of carbonyl (C=O) groups is 1. The monoisotopic (exact) mass is 375 g/mol. The lowest BCUT2D eigenvalue weighted by molar-refractivity contribution is -0.139. The molecule has 3 N–H and O–H groups in total. The molecule has 5 nitrogen and oxygen atoms in total. The number of morpholine rings is 1. The molecule has 3 rings (SSSR count). The number of hydrogen-bond acceptors (Lipinski definition) is 4. The second kappa shape index (κ2) is 10.2. The van der Waals surface area contributed by atoms with Crippen molar-refractivity contribution in [3.8, 4) is 0 Å². The molecule has 1 saturated carbocycles. The Balaban J connectivity index is 0.00000144. The summed E-state index contributed by atoms with van der Waals surface area (Å²) < 4.78 is 5.66. The highest BCUT2D eigenvalue weighted by atomic mass is 35.5. The van der Waals surface area contributed by atoms with Crippen LogP contribution in [0.5, 0.6) is 0 Å². The van der Waals surface area contributed by atoms with Gasteiger partial charge in [0.25, 0.3) is 5.91 Å². The Hall–Kier alpha value is -0.850. The molecule has 0 radical (unpaired) electrons. The average molecular weight is 376 g/mol. The van der Waals surface area contributed by atoms with Crippen LogP contribution in [0.2, 0.25) is 0 Å². The van der Waals surface area contributed by atoms with Gasteiger partial charge in [-0.05, 0) is 24.3 Å². The molecule has 0 bridgehead atoms. The van der Waals surface area contributed by atoms with Crippen molar-refractivity contribution >= 4 is 30.7 Å². The maximum absolute atomic E-state index is 12.4. The molecule has 136 valence electrons. The molecule has 1 aromatic rings. The largest absolute Gasteiger partial charge is 0.366 e. The minimum absolute atomic E-state index is 0. The molecule has 1 amide bonds. The zero-order valence-electron chi connectivity index (χ0n) is 13.7. The van der Waals surface area contributed by atoms with Crippen molar-refractivity contribution in [2.45, 2.75) is 31.5 Å². The van der Waals surface area contributed by atoms with Crippen LogP contribution >= 0.6 is 24.8 Å². The van der Waals surface area contributed by atoms with E-state index >= 15 is 0 Å². The molecule has 1 heterocycles. The van der Waals surface area contributed by atoms with Gasteiger partial charge in [0.2, 0.25) is 0 Å². The van der Waals surface area contributed by atoms with Gasteiger partial charge >= 0.3 is 0 Å². The molecule has 1 saturated heterocycles. The first-order valence-corrected chi connectivity index (χ1v) is 8.14. The van der Waals surface area contributed by atoms with Crippen LogP contribution in [-0.4, -0.2) is 49.2 Å². The fraction of sp³-hybridized carbons (Fsp3) is 0.588. The van der Waals surface area contributed by atoms with E-state index in [9.17, 15) is 4.79 Å². The molecule has 1 aliphatic heterocycles. The van der Waals surface area contributed by atoms with Gasteiger partial charge in [-0.25, -0.2) is 0 Å². The van der Waals surface area contributed by atoms with Crippen LogP contribution in [0.15, 0.2) is 30.3 Å². The first kappa shape index (κ1) is 21.2. The van der Waals surface area contributed by atoms with Gasteiger partial charge in [-0.15, -0.1) is 24.8 Å². The Labute approximate surface area is 156 Å². The SMILES string of the molecule is Cl.Cl.NCC(NC(=O)C1CN(Cc2ccccc2)CCO1)C1CC1. The molecule has 2 atom stereocenters. The number of rotatable bonds is 6. The molecule has 0 spiro atoms. The van der Waals surface area contributed by atoms with Crippen molar-refractivity contribution in [3.05, 3.63) is 35.9 Å². The lowest BCUT2D eigenvalue weighted by atomic mass is 10.1. The molecular formula is C17H27Cl2N3O2. The quantitative estimate of drug-likeness (QED) is 0.791. The average Bonchev–Trinajstić information content (AvgIpc) is 3.38. The Morgan fingerprint density at radius 2 is 2.00 bits per heavy atom. The van der Waals surface area contributed by atoms with Gasteiger partial charge in [-0.1, -0.05) is 30.3 Å². The van der Waals surface area contributed by atoms with E-state index in [2.05, 4.69) is 22.3 Å². The van der Waals surface area contributed by atoms with Crippen molar-refractivity contribution in [3.63, 3.8) is 0 Å². The summed E-state index contributed by atoms with van der Waals surface area (Å²) in [5.74, 6) is 0.554. The van der Waals surface area contributed by atoms with Crippen LogP contribution in [0.3, 0.4) is 0 Å². The minimum atomic E-state index is -0.384. The highest BCUT2D eigenvalue weighted by Gasteiger charge is 2.34. The van der Waals surface area contributed by atoms with Crippen molar-refractivity contribution < 1.29 is 9.53 Å². The first-order chi connectivity index (χ1) is 10.8. The number of nitrogens with one attached hydrogen (secondary N) is 1. The van der Waals surface area contributed by atoms with E-state index in [1.54, 1.807) is 0 Å². The molecule has 0 aromatic heterocycles. The van der Waals surface area contributed by atoms with E-state index in [1.165, 1.54) is 18.4 Å². The number of nitrogens with two attached hydrogens (primary N) is 1. The molecule has 1 aliphatic carbocycles. The van der Waals surface area contributed by atoms with Gasteiger partial charge in [0.15, 0.2) is 0 Å². The van der Waals surface area contributed by atoms with E-state index in [0.29, 0.717) is 25.6 Å². The number of benzene rings is 1. The van der Waals surface area contributed by atoms with Crippen LogP contribution in [0.25, 0.3) is 0 Å². The maximum atomic E-state index is 12.4. The Bertz CT molecular complexity index is 500. The normalized spacial score (nSPS) is 22.0. The van der Waals surface area contributed by atoms with E-state index in [0.717, 1.165) is 13.1 Å². The van der Waals surface area contributed by atoms with Gasteiger partial charge in [0.05, 0.1) is 6.61 Å². The first-order valence-electron chi connectivity index (χ1n) is 8.14. The van der Waals surface area contributed by atoms with E-state index < -0.39 is 0 Å². The second-order valence-electron chi connectivity index (χ2n) is 6.27. The van der Waals surface area contributed by atoms with Crippen molar-refractivity contribution in [2.75, 3.05) is 26.2 Å². The number of amides is 1. The number of hydrogen-bond donors (Lipinski definition) is 2. The maximum Gasteiger partial charge on any atom is 0.250 e. The number of halogens is 2. The van der Waals surface area contributed by atoms with E-state index in [-0.39, 0.29) is 42.9 Å². The van der Waals surface area contributed by atoms with Crippen molar-refractivity contribution in [2.24, 2.45) is 11.7 Å². The summed E-state index contributed by atoms with van der Waals surface area (Å²) in [6.07, 6.45) is 1.96.